The minimum Gasteiger partial charge on any atom is -0.497 e. The van der Waals surface area contributed by atoms with E-state index in [1.807, 2.05) is 18.2 Å². The van der Waals surface area contributed by atoms with Crippen LogP contribution in [0.25, 0.3) is 0 Å². The van der Waals surface area contributed by atoms with Crippen LogP contribution in [-0.4, -0.2) is 45.8 Å². The quantitative estimate of drug-likeness (QED) is 0.799. The maximum absolute atomic E-state index is 5.48. The Bertz CT molecular complexity index is 433. The van der Waals surface area contributed by atoms with Crippen LogP contribution in [0, 0.1) is 5.92 Å². The van der Waals surface area contributed by atoms with Gasteiger partial charge in [-0.25, -0.2) is 0 Å². The molecule has 4 heteroatoms. The Morgan fingerprint density at radius 2 is 1.76 bits per heavy atom. The summed E-state index contributed by atoms with van der Waals surface area (Å²) in [6.45, 7) is 7.67. The van der Waals surface area contributed by atoms with Crippen LogP contribution in [0.5, 0.6) is 11.5 Å². The second kappa shape index (κ2) is 8.25. The Labute approximate surface area is 129 Å². The first-order valence-corrected chi connectivity index (χ1v) is 7.51. The zero-order valence-corrected chi connectivity index (χ0v) is 14.4. The molecule has 0 heterocycles. The van der Waals surface area contributed by atoms with Crippen LogP contribution in [0.3, 0.4) is 0 Å². The van der Waals surface area contributed by atoms with Gasteiger partial charge in [0, 0.05) is 24.2 Å². The van der Waals surface area contributed by atoms with Crippen molar-refractivity contribution in [2.75, 3.05) is 34.9 Å². The van der Waals surface area contributed by atoms with E-state index in [-0.39, 0.29) is 6.04 Å². The minimum absolute atomic E-state index is 0.197. The monoisotopic (exact) mass is 294 g/mol. The fourth-order valence-electron chi connectivity index (χ4n) is 2.44. The summed E-state index contributed by atoms with van der Waals surface area (Å²) in [6, 6.07) is 6.55. The van der Waals surface area contributed by atoms with Crippen LogP contribution in [0.15, 0.2) is 18.2 Å². The molecule has 0 saturated heterocycles. The van der Waals surface area contributed by atoms with Gasteiger partial charge in [-0.2, -0.15) is 0 Å². The topological polar surface area (TPSA) is 33.7 Å². The molecule has 2 unspecified atom stereocenters. The first kappa shape index (κ1) is 17.8. The van der Waals surface area contributed by atoms with Gasteiger partial charge in [0.15, 0.2) is 0 Å². The highest BCUT2D eigenvalue weighted by atomic mass is 16.5. The van der Waals surface area contributed by atoms with Crippen molar-refractivity contribution < 1.29 is 9.47 Å². The molecule has 1 rings (SSSR count). The molecule has 0 saturated carbocycles. The van der Waals surface area contributed by atoms with Gasteiger partial charge in [0.2, 0.25) is 0 Å². The number of hydrogen-bond donors (Lipinski definition) is 1. The molecule has 0 amide bonds. The summed E-state index contributed by atoms with van der Waals surface area (Å²) in [4.78, 5) is 2.22. The lowest BCUT2D eigenvalue weighted by atomic mass is 10.00. The summed E-state index contributed by atoms with van der Waals surface area (Å²) < 4.78 is 10.8. The van der Waals surface area contributed by atoms with Crippen molar-refractivity contribution in [1.82, 2.24) is 10.2 Å². The highest BCUT2D eigenvalue weighted by Gasteiger charge is 2.20. The lowest BCUT2D eigenvalue weighted by molar-refractivity contribution is 0.271. The van der Waals surface area contributed by atoms with Gasteiger partial charge in [-0.15, -0.1) is 0 Å². The summed E-state index contributed by atoms with van der Waals surface area (Å²) in [7, 11) is 7.60. The molecule has 0 aromatic heterocycles. The number of ether oxygens (including phenoxy) is 2. The first-order chi connectivity index (χ1) is 9.88. The normalized spacial score (nSPS) is 14.3. The molecule has 0 aliphatic carbocycles. The van der Waals surface area contributed by atoms with E-state index in [0.29, 0.717) is 12.0 Å². The molecular formula is C17H30N2O2. The number of nitrogens with zero attached hydrogens (tertiary/aromatic N) is 1. The third-order valence-corrected chi connectivity index (χ3v) is 3.73. The van der Waals surface area contributed by atoms with Gasteiger partial charge in [0.25, 0.3) is 0 Å². The van der Waals surface area contributed by atoms with E-state index < -0.39 is 0 Å². The number of rotatable bonds is 8. The van der Waals surface area contributed by atoms with Gasteiger partial charge in [-0.1, -0.05) is 13.8 Å². The highest BCUT2D eigenvalue weighted by molar-refractivity contribution is 5.42. The zero-order valence-electron chi connectivity index (χ0n) is 14.4. The summed E-state index contributed by atoms with van der Waals surface area (Å²) >= 11 is 0. The van der Waals surface area contributed by atoms with Crippen molar-refractivity contribution >= 4 is 0 Å². The summed E-state index contributed by atoms with van der Waals surface area (Å²) in [5.74, 6) is 2.31. The third kappa shape index (κ3) is 5.21. The van der Waals surface area contributed by atoms with Gasteiger partial charge in [-0.3, -0.25) is 0 Å². The average molecular weight is 294 g/mol. The third-order valence-electron chi connectivity index (χ3n) is 3.73. The van der Waals surface area contributed by atoms with E-state index in [0.717, 1.165) is 23.6 Å². The van der Waals surface area contributed by atoms with Crippen LogP contribution in [0.1, 0.15) is 32.4 Å². The summed E-state index contributed by atoms with van der Waals surface area (Å²) in [5.41, 5.74) is 1.13. The molecule has 1 aromatic carbocycles. The van der Waals surface area contributed by atoms with Crippen LogP contribution in [0.2, 0.25) is 0 Å². The molecule has 120 valence electrons. The summed E-state index contributed by atoms with van der Waals surface area (Å²) in [5, 5.41) is 3.71. The fourth-order valence-corrected chi connectivity index (χ4v) is 2.44. The van der Waals surface area contributed by atoms with Crippen molar-refractivity contribution in [1.29, 1.82) is 0 Å². The van der Waals surface area contributed by atoms with Crippen LogP contribution >= 0.6 is 0 Å². The van der Waals surface area contributed by atoms with Crippen molar-refractivity contribution in [3.8, 4) is 11.5 Å². The predicted molar refractivity (Wildman–Crippen MR) is 88.3 cm³/mol. The summed E-state index contributed by atoms with van der Waals surface area (Å²) in [6.07, 6.45) is 0. The van der Waals surface area contributed by atoms with Gasteiger partial charge in [0.1, 0.15) is 11.5 Å². The van der Waals surface area contributed by atoms with Gasteiger partial charge in [0.05, 0.1) is 14.2 Å². The van der Waals surface area contributed by atoms with Crippen LogP contribution in [-0.2, 0) is 0 Å². The molecule has 0 radical (unpaired) electrons. The van der Waals surface area contributed by atoms with Crippen molar-refractivity contribution in [3.63, 3.8) is 0 Å². The van der Waals surface area contributed by atoms with Crippen LogP contribution in [0.4, 0.5) is 0 Å². The Hall–Kier alpha value is -1.26. The lowest BCUT2D eigenvalue weighted by Gasteiger charge is -2.29. The second-order valence-corrected chi connectivity index (χ2v) is 6.11. The molecule has 21 heavy (non-hydrogen) atoms. The van der Waals surface area contributed by atoms with E-state index >= 15 is 0 Å². The maximum Gasteiger partial charge on any atom is 0.123 e. The Balaban J connectivity index is 2.92. The Morgan fingerprint density at radius 1 is 1.10 bits per heavy atom. The average Bonchev–Trinajstić information content (AvgIpc) is 2.45. The molecule has 2 atom stereocenters. The van der Waals surface area contributed by atoms with Crippen molar-refractivity contribution in [3.05, 3.63) is 23.8 Å². The molecule has 0 aliphatic heterocycles. The van der Waals surface area contributed by atoms with Gasteiger partial charge < -0.3 is 19.7 Å². The van der Waals surface area contributed by atoms with Gasteiger partial charge in [-0.05, 0) is 45.1 Å². The second-order valence-electron chi connectivity index (χ2n) is 6.11. The van der Waals surface area contributed by atoms with Crippen molar-refractivity contribution in [2.24, 2.45) is 5.92 Å². The van der Waals surface area contributed by atoms with Gasteiger partial charge >= 0.3 is 0 Å². The molecule has 0 aliphatic rings. The number of methoxy groups -OCH3 is 2. The lowest BCUT2D eigenvalue weighted by Crippen LogP contribution is -2.43. The van der Waals surface area contributed by atoms with E-state index in [1.165, 1.54) is 0 Å². The highest BCUT2D eigenvalue weighted by Crippen LogP contribution is 2.29. The minimum atomic E-state index is 0.197. The maximum atomic E-state index is 5.48. The SMILES string of the molecule is COc1ccc(OC)c(C(C)NC(CN(C)C)C(C)C)c1. The van der Waals surface area contributed by atoms with Crippen molar-refractivity contribution in [2.45, 2.75) is 32.9 Å². The van der Waals surface area contributed by atoms with E-state index in [4.69, 9.17) is 9.47 Å². The number of nitrogens with one attached hydrogen (secondary N) is 1. The largest absolute Gasteiger partial charge is 0.497 e. The predicted octanol–water partition coefficient (Wildman–Crippen LogP) is 2.94. The van der Waals surface area contributed by atoms with E-state index in [9.17, 15) is 0 Å². The Morgan fingerprint density at radius 3 is 2.24 bits per heavy atom. The molecule has 4 nitrogen and oxygen atoms in total. The van der Waals surface area contributed by atoms with Crippen LogP contribution < -0.4 is 14.8 Å². The number of benzene rings is 1. The number of hydrogen-bond acceptors (Lipinski definition) is 4. The molecule has 0 fully saturated rings. The van der Waals surface area contributed by atoms with E-state index in [2.05, 4.69) is 45.1 Å². The molecule has 0 bridgehead atoms. The first-order valence-electron chi connectivity index (χ1n) is 7.51. The smallest absolute Gasteiger partial charge is 0.123 e. The molecule has 1 N–H and O–H groups in total. The fraction of sp³-hybridized carbons (Fsp3) is 0.647. The zero-order chi connectivity index (χ0) is 16.0. The van der Waals surface area contributed by atoms with E-state index in [1.54, 1.807) is 14.2 Å². The Kier molecular flexibility index (Phi) is 6.99. The number of likely N-dealkylation sites (N-methyl/N-ethyl adjacent to an activating group) is 1. The molecule has 1 aromatic rings. The standard InChI is InChI=1S/C17H30N2O2/c1-12(2)16(11-19(4)5)18-13(3)15-10-14(20-6)8-9-17(15)21-7/h8-10,12-13,16,18H,11H2,1-7H3. The molecule has 0 spiro atoms. The molecular weight excluding hydrogens is 264 g/mol.